The van der Waals surface area contributed by atoms with Crippen LogP contribution in [0.1, 0.15) is 0 Å². The molecule has 12 aromatic rings. The number of nitrogens with zero attached hydrogens (tertiary/aromatic N) is 3. The Morgan fingerprint density at radius 1 is 0.193 bits per heavy atom. The summed E-state index contributed by atoms with van der Waals surface area (Å²) in [6.07, 6.45) is 0. The number of rotatable bonds is 5. The molecule has 266 valence electrons. The molecule has 0 aliphatic heterocycles. The molecule has 0 spiro atoms. The van der Waals surface area contributed by atoms with Crippen molar-refractivity contribution in [2.45, 2.75) is 0 Å². The van der Waals surface area contributed by atoms with Gasteiger partial charge in [0.05, 0.1) is 33.1 Å². The summed E-state index contributed by atoms with van der Waals surface area (Å²) < 4.78 is 7.17. The molecule has 57 heavy (non-hydrogen) atoms. The average Bonchev–Trinajstić information content (AvgIpc) is 3.92. The second kappa shape index (κ2) is 12.5. The Labute approximate surface area is 329 Å². The Kier molecular flexibility index (Phi) is 6.93. The molecule has 3 heterocycles. The van der Waals surface area contributed by atoms with Crippen molar-refractivity contribution in [3.8, 4) is 39.3 Å². The molecule has 0 saturated heterocycles. The van der Waals surface area contributed by atoms with Crippen molar-refractivity contribution in [3.05, 3.63) is 212 Å². The molecular formula is C54H35N3. The average molecular weight is 726 g/mol. The highest BCUT2D eigenvalue weighted by Gasteiger charge is 2.17. The van der Waals surface area contributed by atoms with Crippen LogP contribution >= 0.6 is 0 Å². The van der Waals surface area contributed by atoms with Crippen LogP contribution in [-0.4, -0.2) is 13.7 Å². The van der Waals surface area contributed by atoms with Gasteiger partial charge in [-0.25, -0.2) is 0 Å². The Balaban J connectivity index is 0.986. The summed E-state index contributed by atoms with van der Waals surface area (Å²) in [7, 11) is 0. The molecule has 0 aliphatic carbocycles. The number of para-hydroxylation sites is 5. The maximum atomic E-state index is 2.43. The monoisotopic (exact) mass is 725 g/mol. The summed E-state index contributed by atoms with van der Waals surface area (Å²) in [6, 6.07) is 77.4. The first-order valence-electron chi connectivity index (χ1n) is 19.6. The molecule has 12 rings (SSSR count). The SMILES string of the molecule is c1ccc(-n2c3ccccc3c3cc(-c4cccc(-n5c6ccccc6c6cc(-c7ccc8c(c7)c7ccccc7n8-c7ccccc7)ccc65)c4)ccc32)cc1. The van der Waals surface area contributed by atoms with Crippen LogP contribution in [0.3, 0.4) is 0 Å². The fourth-order valence-electron chi connectivity index (χ4n) is 9.27. The molecule has 0 N–H and O–H groups in total. The molecule has 0 bridgehead atoms. The van der Waals surface area contributed by atoms with E-state index >= 15 is 0 Å². The van der Waals surface area contributed by atoms with Crippen molar-refractivity contribution < 1.29 is 0 Å². The van der Waals surface area contributed by atoms with Crippen LogP contribution in [0, 0.1) is 0 Å². The number of aromatic nitrogens is 3. The van der Waals surface area contributed by atoms with E-state index in [0.29, 0.717) is 0 Å². The van der Waals surface area contributed by atoms with Crippen molar-refractivity contribution in [3.63, 3.8) is 0 Å². The third kappa shape index (κ3) is 4.86. The van der Waals surface area contributed by atoms with E-state index in [1.807, 2.05) is 0 Å². The van der Waals surface area contributed by atoms with Crippen molar-refractivity contribution in [1.82, 2.24) is 13.7 Å². The molecule has 9 aromatic carbocycles. The number of hydrogen-bond acceptors (Lipinski definition) is 0. The van der Waals surface area contributed by atoms with Gasteiger partial charge < -0.3 is 13.7 Å². The Morgan fingerprint density at radius 3 is 0.930 bits per heavy atom. The first-order valence-corrected chi connectivity index (χ1v) is 19.6. The molecule has 0 amide bonds. The van der Waals surface area contributed by atoms with Crippen molar-refractivity contribution >= 4 is 65.4 Å². The minimum atomic E-state index is 1.15. The fourth-order valence-corrected chi connectivity index (χ4v) is 9.27. The zero-order valence-corrected chi connectivity index (χ0v) is 31.0. The van der Waals surface area contributed by atoms with E-state index < -0.39 is 0 Å². The molecule has 3 aromatic heterocycles. The highest BCUT2D eigenvalue weighted by molar-refractivity contribution is 6.13. The van der Waals surface area contributed by atoms with Gasteiger partial charge in [-0.2, -0.15) is 0 Å². The van der Waals surface area contributed by atoms with Gasteiger partial charge in [0, 0.05) is 49.4 Å². The number of benzene rings is 9. The van der Waals surface area contributed by atoms with Crippen molar-refractivity contribution in [2.75, 3.05) is 0 Å². The van der Waals surface area contributed by atoms with Crippen LogP contribution in [0.2, 0.25) is 0 Å². The molecular weight excluding hydrogens is 691 g/mol. The van der Waals surface area contributed by atoms with Crippen LogP contribution < -0.4 is 0 Å². The van der Waals surface area contributed by atoms with Gasteiger partial charge in [-0.1, -0.05) is 121 Å². The maximum absolute atomic E-state index is 2.43. The number of hydrogen-bond donors (Lipinski definition) is 0. The molecule has 0 atom stereocenters. The first-order chi connectivity index (χ1) is 28.3. The molecule has 0 fully saturated rings. The Bertz CT molecular complexity index is 3510. The van der Waals surface area contributed by atoms with Gasteiger partial charge in [-0.05, 0) is 113 Å². The van der Waals surface area contributed by atoms with Crippen LogP contribution in [0.5, 0.6) is 0 Å². The number of fused-ring (bicyclic) bond motifs is 9. The second-order valence-electron chi connectivity index (χ2n) is 15.0. The normalized spacial score (nSPS) is 11.9. The maximum Gasteiger partial charge on any atom is 0.0541 e. The van der Waals surface area contributed by atoms with Gasteiger partial charge in [-0.3, -0.25) is 0 Å². The topological polar surface area (TPSA) is 14.8 Å². The molecule has 0 saturated carbocycles. The summed E-state index contributed by atoms with van der Waals surface area (Å²) in [5, 5.41) is 7.52. The molecule has 0 aliphatic rings. The van der Waals surface area contributed by atoms with E-state index in [2.05, 4.69) is 226 Å². The van der Waals surface area contributed by atoms with Gasteiger partial charge in [0.2, 0.25) is 0 Å². The smallest absolute Gasteiger partial charge is 0.0541 e. The predicted octanol–water partition coefficient (Wildman–Crippen LogP) is 14.3. The van der Waals surface area contributed by atoms with E-state index in [0.717, 1.165) is 5.69 Å². The fraction of sp³-hybridized carbons (Fsp3) is 0. The summed E-state index contributed by atoms with van der Waals surface area (Å²) in [6.45, 7) is 0. The van der Waals surface area contributed by atoms with E-state index in [1.165, 1.54) is 99.0 Å². The van der Waals surface area contributed by atoms with Crippen molar-refractivity contribution in [1.29, 1.82) is 0 Å². The summed E-state index contributed by atoms with van der Waals surface area (Å²) in [5.74, 6) is 0. The lowest BCUT2D eigenvalue weighted by molar-refractivity contribution is 1.18. The largest absolute Gasteiger partial charge is 0.309 e. The first kappa shape index (κ1) is 31.7. The van der Waals surface area contributed by atoms with E-state index in [1.54, 1.807) is 0 Å². The lowest BCUT2D eigenvalue weighted by Crippen LogP contribution is -1.94. The van der Waals surface area contributed by atoms with Gasteiger partial charge in [-0.15, -0.1) is 0 Å². The summed E-state index contributed by atoms with van der Waals surface area (Å²) in [5.41, 5.74) is 15.6. The standard InChI is InChI=1S/C54H35N3/c1-3-15-40(16-4-1)55-49-23-10-7-20-43(49)46-33-37(26-29-52(46)55)36-14-13-19-42(32-36)57-51-25-12-9-22-45(51)48-35-39(28-31-54(48)57)38-27-30-53-47(34-38)44-21-8-11-24-50(44)56(53)41-17-5-2-6-18-41/h1-35H. The van der Waals surface area contributed by atoms with Gasteiger partial charge in [0.1, 0.15) is 0 Å². The zero-order chi connectivity index (χ0) is 37.5. The Morgan fingerprint density at radius 2 is 0.509 bits per heavy atom. The van der Waals surface area contributed by atoms with Gasteiger partial charge in [0.25, 0.3) is 0 Å². The zero-order valence-electron chi connectivity index (χ0n) is 31.0. The van der Waals surface area contributed by atoms with E-state index in [9.17, 15) is 0 Å². The van der Waals surface area contributed by atoms with Crippen LogP contribution in [0.25, 0.3) is 105 Å². The molecule has 0 unspecified atom stereocenters. The van der Waals surface area contributed by atoms with Gasteiger partial charge >= 0.3 is 0 Å². The highest BCUT2D eigenvalue weighted by Crippen LogP contribution is 2.40. The second-order valence-corrected chi connectivity index (χ2v) is 15.0. The molecule has 3 nitrogen and oxygen atoms in total. The summed E-state index contributed by atoms with van der Waals surface area (Å²) in [4.78, 5) is 0. The predicted molar refractivity (Wildman–Crippen MR) is 240 cm³/mol. The molecule has 3 heteroatoms. The highest BCUT2D eigenvalue weighted by atomic mass is 15.0. The lowest BCUT2D eigenvalue weighted by Gasteiger charge is -2.11. The van der Waals surface area contributed by atoms with E-state index in [4.69, 9.17) is 0 Å². The van der Waals surface area contributed by atoms with E-state index in [-0.39, 0.29) is 0 Å². The molecule has 0 radical (unpaired) electrons. The Hall–Kier alpha value is -7.62. The third-order valence-electron chi connectivity index (χ3n) is 11.8. The van der Waals surface area contributed by atoms with Crippen LogP contribution in [0.4, 0.5) is 0 Å². The minimum absolute atomic E-state index is 1.15. The van der Waals surface area contributed by atoms with Gasteiger partial charge in [0.15, 0.2) is 0 Å². The van der Waals surface area contributed by atoms with Crippen LogP contribution in [0.15, 0.2) is 212 Å². The summed E-state index contributed by atoms with van der Waals surface area (Å²) >= 11 is 0. The lowest BCUT2D eigenvalue weighted by atomic mass is 10.0. The van der Waals surface area contributed by atoms with Crippen molar-refractivity contribution in [2.24, 2.45) is 0 Å². The third-order valence-corrected chi connectivity index (χ3v) is 11.8. The van der Waals surface area contributed by atoms with Crippen LogP contribution in [-0.2, 0) is 0 Å². The minimum Gasteiger partial charge on any atom is -0.309 e. The quantitative estimate of drug-likeness (QED) is 0.168.